The van der Waals surface area contributed by atoms with Gasteiger partial charge in [0.1, 0.15) is 10.3 Å². The zero-order chi connectivity index (χ0) is 28.8. The van der Waals surface area contributed by atoms with Gasteiger partial charge in [0.15, 0.2) is 6.54 Å². The Morgan fingerprint density at radius 3 is 2.54 bits per heavy atom. The van der Waals surface area contributed by atoms with E-state index in [0.717, 1.165) is 46.7 Å². The van der Waals surface area contributed by atoms with Gasteiger partial charge in [-0.15, -0.1) is 11.3 Å². The molecule has 4 heterocycles. The summed E-state index contributed by atoms with van der Waals surface area (Å²) in [5.74, 6) is -0.942. The Morgan fingerprint density at radius 1 is 0.976 bits per heavy atom. The molecule has 41 heavy (non-hydrogen) atoms. The third kappa shape index (κ3) is 6.23. The number of rotatable bonds is 10. The molecule has 1 aliphatic rings. The van der Waals surface area contributed by atoms with Gasteiger partial charge in [-0.25, -0.2) is 16.8 Å². The first-order valence-corrected chi connectivity index (χ1v) is 18.3. The molecule has 0 aliphatic carbocycles. The maximum atomic E-state index is 11.4. The highest BCUT2D eigenvalue weighted by Crippen LogP contribution is 2.48. The molecular formula is C27H23N2O7S5-. The topological polar surface area (TPSA) is 135 Å². The van der Waals surface area contributed by atoms with Crippen molar-refractivity contribution in [2.45, 2.75) is 24.3 Å². The Hall–Kier alpha value is -2.72. The number of anilines is 1. The summed E-state index contributed by atoms with van der Waals surface area (Å²) in [4.78, 5) is 4.15. The van der Waals surface area contributed by atoms with Crippen molar-refractivity contribution in [3.8, 4) is 10.4 Å². The number of hydrogen-bond donors (Lipinski definition) is 0. The third-order valence-corrected chi connectivity index (χ3v) is 11.4. The van der Waals surface area contributed by atoms with Crippen LogP contribution in [0.1, 0.15) is 17.8 Å². The summed E-state index contributed by atoms with van der Waals surface area (Å²) in [5.41, 5.74) is 3.56. The highest BCUT2D eigenvalue weighted by Gasteiger charge is 2.29. The van der Waals surface area contributed by atoms with Gasteiger partial charge in [-0.2, -0.15) is 4.57 Å². The quantitative estimate of drug-likeness (QED) is 0.143. The molecule has 9 nitrogen and oxygen atoms in total. The molecule has 0 saturated carbocycles. The number of thioether (sulfide) groups is 1. The van der Waals surface area contributed by atoms with Crippen LogP contribution in [0.5, 0.6) is 0 Å². The van der Waals surface area contributed by atoms with Crippen LogP contribution in [0.3, 0.4) is 0 Å². The van der Waals surface area contributed by atoms with Crippen molar-refractivity contribution >= 4 is 87.6 Å². The molecule has 5 aromatic rings. The summed E-state index contributed by atoms with van der Waals surface area (Å²) in [6, 6.07) is 15.9. The van der Waals surface area contributed by atoms with Crippen molar-refractivity contribution in [1.82, 2.24) is 0 Å². The van der Waals surface area contributed by atoms with Crippen LogP contribution in [0, 0.1) is 0 Å². The van der Waals surface area contributed by atoms with E-state index >= 15 is 0 Å². The van der Waals surface area contributed by atoms with Crippen LogP contribution >= 0.6 is 34.4 Å². The third-order valence-electron chi connectivity index (χ3n) is 6.66. The molecule has 0 amide bonds. The summed E-state index contributed by atoms with van der Waals surface area (Å²) in [7, 11) is -8.73. The molecule has 14 heteroatoms. The van der Waals surface area contributed by atoms with E-state index < -0.39 is 31.7 Å². The van der Waals surface area contributed by atoms with Gasteiger partial charge in [0, 0.05) is 34.2 Å². The number of hydrogen-bond acceptors (Lipinski definition) is 11. The molecule has 0 saturated heterocycles. The predicted octanol–water partition coefficient (Wildman–Crippen LogP) is 5.44. The molecule has 0 fully saturated rings. The van der Waals surface area contributed by atoms with Crippen LogP contribution in [0.25, 0.3) is 37.7 Å². The fraction of sp³-hybridized carbons (Fsp3) is 0.222. The Balaban J connectivity index is 1.43. The van der Waals surface area contributed by atoms with E-state index in [4.69, 9.17) is 4.42 Å². The predicted molar refractivity (Wildman–Crippen MR) is 161 cm³/mol. The maximum absolute atomic E-state index is 11.4. The van der Waals surface area contributed by atoms with Crippen molar-refractivity contribution in [1.29, 1.82) is 0 Å². The fourth-order valence-electron chi connectivity index (χ4n) is 4.92. The lowest BCUT2D eigenvalue weighted by Gasteiger charge is -2.21. The first-order chi connectivity index (χ1) is 19.6. The number of aryl methyl sites for hydroxylation is 1. The highest BCUT2D eigenvalue weighted by molar-refractivity contribution is 8.04. The van der Waals surface area contributed by atoms with Gasteiger partial charge in [-0.1, -0.05) is 35.2 Å². The molecule has 1 aliphatic heterocycles. The maximum Gasteiger partial charge on any atom is 0.265 e. The van der Waals surface area contributed by atoms with Crippen molar-refractivity contribution in [2.24, 2.45) is 0 Å². The van der Waals surface area contributed by atoms with Gasteiger partial charge in [0.05, 0.1) is 48.7 Å². The van der Waals surface area contributed by atoms with Gasteiger partial charge >= 0.3 is 0 Å². The van der Waals surface area contributed by atoms with Crippen LogP contribution in [0.4, 0.5) is 5.69 Å². The second-order valence-electron chi connectivity index (χ2n) is 9.46. The van der Waals surface area contributed by atoms with Crippen molar-refractivity contribution in [3.05, 3.63) is 70.2 Å². The zero-order valence-corrected chi connectivity index (χ0v) is 25.5. The normalized spacial score (nSPS) is 15.0. The SMILES string of the molecule is O=S(=O)([O-])CCCN1/C(=C/c2sc3ccc4occc4c3[n+]2CCCS(=O)(=O)[O-])Sc2ccc(-c3cccs3)cc21. The lowest BCUT2D eigenvalue weighted by molar-refractivity contribution is -0.667. The van der Waals surface area contributed by atoms with Crippen LogP contribution in [-0.4, -0.2) is 44.0 Å². The molecule has 0 radical (unpaired) electrons. The molecule has 0 atom stereocenters. The number of furan rings is 1. The first-order valence-electron chi connectivity index (χ1n) is 12.6. The van der Waals surface area contributed by atoms with E-state index in [1.807, 2.05) is 57.3 Å². The minimum absolute atomic E-state index is 0.148. The Labute approximate surface area is 249 Å². The van der Waals surface area contributed by atoms with E-state index in [1.165, 1.54) is 11.3 Å². The van der Waals surface area contributed by atoms with Gasteiger partial charge in [-0.3, -0.25) is 0 Å². The average molecular weight is 648 g/mol. The Bertz CT molecular complexity index is 1990. The van der Waals surface area contributed by atoms with Crippen LogP contribution in [-0.2, 0) is 26.8 Å². The monoisotopic (exact) mass is 647 g/mol. The summed E-state index contributed by atoms with van der Waals surface area (Å²) in [6.07, 6.45) is 3.92. The second kappa shape index (κ2) is 11.2. The van der Waals surface area contributed by atoms with Gasteiger partial charge in [0.2, 0.25) is 5.52 Å². The van der Waals surface area contributed by atoms with E-state index in [9.17, 15) is 25.9 Å². The van der Waals surface area contributed by atoms with Gasteiger partial charge < -0.3 is 18.4 Å². The van der Waals surface area contributed by atoms with Gasteiger partial charge in [0.25, 0.3) is 5.01 Å². The Morgan fingerprint density at radius 2 is 1.78 bits per heavy atom. The molecule has 0 N–H and O–H groups in total. The van der Waals surface area contributed by atoms with E-state index in [2.05, 4.69) is 12.1 Å². The zero-order valence-electron chi connectivity index (χ0n) is 21.4. The second-order valence-corrected chi connectivity index (χ2v) is 15.6. The minimum Gasteiger partial charge on any atom is -0.748 e. The smallest absolute Gasteiger partial charge is 0.265 e. The van der Waals surface area contributed by atoms with Crippen molar-refractivity contribution in [2.75, 3.05) is 23.0 Å². The number of nitrogens with zero attached hydrogens (tertiary/aromatic N) is 2. The molecule has 214 valence electrons. The molecule has 0 unspecified atom stereocenters. The van der Waals surface area contributed by atoms with Crippen LogP contribution in [0.2, 0.25) is 0 Å². The van der Waals surface area contributed by atoms with E-state index in [1.54, 1.807) is 29.4 Å². The molecular weight excluding hydrogens is 625 g/mol. The number of benzene rings is 2. The minimum atomic E-state index is -4.37. The average Bonchev–Trinajstić information content (AvgIpc) is 3.69. The summed E-state index contributed by atoms with van der Waals surface area (Å²) in [5, 5.41) is 4.59. The number of thiazole rings is 1. The van der Waals surface area contributed by atoms with E-state index in [-0.39, 0.29) is 12.8 Å². The summed E-state index contributed by atoms with van der Waals surface area (Å²) < 4.78 is 76.7. The molecule has 6 rings (SSSR count). The van der Waals surface area contributed by atoms with Crippen molar-refractivity contribution < 1.29 is 34.9 Å². The van der Waals surface area contributed by atoms with Gasteiger partial charge in [-0.05, 0) is 53.8 Å². The standard InChI is InChI=1S/C27H24N2O7S5/c30-40(31,32)14-2-10-28-20-16-18(22-4-1-13-37-22)5-7-23(20)38-25(28)17-26-29(11-3-15-41(33,34)35)27-19-9-12-36-21(19)6-8-24(27)39-26/h1,4-9,12-13,16-17H,2-3,10-11,14-15H2,(H-,30,31,32,33,34,35)/p-1. The number of fused-ring (bicyclic) bond motifs is 4. The molecule has 0 spiro atoms. The fourth-order valence-corrected chi connectivity index (χ4v) is 8.93. The first kappa shape index (κ1) is 28.4. The molecule has 0 bridgehead atoms. The summed E-state index contributed by atoms with van der Waals surface area (Å²) in [6.45, 7) is 0.631. The highest BCUT2D eigenvalue weighted by atomic mass is 32.2. The van der Waals surface area contributed by atoms with Crippen molar-refractivity contribution in [3.63, 3.8) is 0 Å². The summed E-state index contributed by atoms with van der Waals surface area (Å²) >= 11 is 4.70. The number of thiophene rings is 1. The molecule has 3 aromatic heterocycles. The lowest BCUT2D eigenvalue weighted by atomic mass is 10.1. The van der Waals surface area contributed by atoms with Crippen LogP contribution < -0.4 is 9.47 Å². The van der Waals surface area contributed by atoms with E-state index in [0.29, 0.717) is 18.7 Å². The largest absolute Gasteiger partial charge is 0.748 e. The number of aromatic nitrogens is 1. The van der Waals surface area contributed by atoms with Crippen LogP contribution in [0.15, 0.2) is 74.5 Å². The molecule has 2 aromatic carbocycles. The Kier molecular flexibility index (Phi) is 7.74. The lowest BCUT2D eigenvalue weighted by Crippen LogP contribution is -2.36.